The highest BCUT2D eigenvalue weighted by Crippen LogP contribution is 2.54. The summed E-state index contributed by atoms with van der Waals surface area (Å²) in [6.45, 7) is 0. The van der Waals surface area contributed by atoms with Crippen LogP contribution in [0.3, 0.4) is 0 Å². The minimum atomic E-state index is -3.21. The molecule has 1 atom stereocenters. The van der Waals surface area contributed by atoms with Crippen LogP contribution in [0.1, 0.15) is 0 Å². The largest absolute Gasteiger partial charge is 0.325 e. The number of hydrogen-bond donors (Lipinski definition) is 1. The Labute approximate surface area is 92.9 Å². The summed E-state index contributed by atoms with van der Waals surface area (Å²) >= 11 is 11.1. The third kappa shape index (κ3) is 2.89. The molecular weight excluding hydrogens is 244 g/mol. The van der Waals surface area contributed by atoms with Crippen molar-refractivity contribution in [1.29, 1.82) is 0 Å². The van der Waals surface area contributed by atoms with Gasteiger partial charge >= 0.3 is 7.52 Å². The number of anilines is 1. The second-order valence-corrected chi connectivity index (χ2v) is 6.54. The predicted octanol–water partition coefficient (Wildman–Crippen LogP) is 3.70. The summed E-state index contributed by atoms with van der Waals surface area (Å²) in [4.78, 5) is 0. The first-order valence-electron chi connectivity index (χ1n) is 3.85. The van der Waals surface area contributed by atoms with Crippen LogP contribution in [0.15, 0.2) is 30.3 Å². The van der Waals surface area contributed by atoms with Gasteiger partial charge in [0.1, 0.15) is 0 Å². The van der Waals surface area contributed by atoms with Gasteiger partial charge in [-0.05, 0) is 12.1 Å². The molecule has 1 rings (SSSR count). The number of hydrogen-bond acceptors (Lipinski definition) is 2. The molecule has 0 bridgehead atoms. The number of benzene rings is 1. The van der Waals surface area contributed by atoms with Gasteiger partial charge in [0.2, 0.25) is 4.58 Å². The van der Waals surface area contributed by atoms with Gasteiger partial charge in [0.15, 0.2) is 0 Å². The van der Waals surface area contributed by atoms with E-state index in [1.807, 2.05) is 6.07 Å². The molecule has 0 heterocycles. The summed E-state index contributed by atoms with van der Waals surface area (Å²) in [6, 6.07) is 8.96. The first-order chi connectivity index (χ1) is 6.58. The first kappa shape index (κ1) is 11.9. The predicted molar refractivity (Wildman–Crippen MR) is 60.2 cm³/mol. The highest BCUT2D eigenvalue weighted by molar-refractivity contribution is 7.64. The van der Waals surface area contributed by atoms with E-state index in [1.165, 1.54) is 7.11 Å². The van der Waals surface area contributed by atoms with Crippen LogP contribution in [0, 0.1) is 0 Å². The van der Waals surface area contributed by atoms with Crippen LogP contribution >= 0.6 is 30.7 Å². The van der Waals surface area contributed by atoms with Gasteiger partial charge in [-0.2, -0.15) is 0 Å². The van der Waals surface area contributed by atoms with Gasteiger partial charge < -0.3 is 9.61 Å². The summed E-state index contributed by atoms with van der Waals surface area (Å²) < 4.78 is 15.5. The second-order valence-electron chi connectivity index (χ2n) is 2.54. The molecule has 0 saturated heterocycles. The second kappa shape index (κ2) is 5.04. The van der Waals surface area contributed by atoms with Crippen molar-refractivity contribution in [1.82, 2.24) is 0 Å². The van der Waals surface area contributed by atoms with Crippen LogP contribution in [0.4, 0.5) is 5.69 Å². The van der Waals surface area contributed by atoms with E-state index in [9.17, 15) is 4.57 Å². The Morgan fingerprint density at radius 1 is 1.36 bits per heavy atom. The van der Waals surface area contributed by atoms with Crippen LogP contribution in [-0.4, -0.2) is 11.7 Å². The van der Waals surface area contributed by atoms with Crippen LogP contribution < -0.4 is 5.09 Å². The highest BCUT2D eigenvalue weighted by Gasteiger charge is 2.30. The fourth-order valence-electron chi connectivity index (χ4n) is 0.867. The SMILES string of the molecule is COP(=O)(Nc1ccccc1)C(Cl)Cl. The van der Waals surface area contributed by atoms with E-state index in [4.69, 9.17) is 27.7 Å². The van der Waals surface area contributed by atoms with Crippen LogP contribution in [0.5, 0.6) is 0 Å². The molecular formula is C8H10Cl2NO2P. The molecule has 0 aliphatic carbocycles. The summed E-state index contributed by atoms with van der Waals surface area (Å²) in [5.41, 5.74) is 0.656. The smallest absolute Gasteiger partial charge is 0.315 e. The fourth-order valence-corrected chi connectivity index (χ4v) is 2.49. The maximum absolute atomic E-state index is 11.9. The molecule has 0 aromatic heterocycles. The van der Waals surface area contributed by atoms with Crippen molar-refractivity contribution >= 4 is 36.4 Å². The topological polar surface area (TPSA) is 38.3 Å². The van der Waals surface area contributed by atoms with Gasteiger partial charge in [-0.15, -0.1) is 0 Å². The summed E-state index contributed by atoms with van der Waals surface area (Å²) in [5, 5.41) is 2.67. The summed E-state index contributed by atoms with van der Waals surface area (Å²) in [7, 11) is -1.91. The van der Waals surface area contributed by atoms with Crippen LogP contribution in [0.25, 0.3) is 0 Å². The normalized spacial score (nSPS) is 15.1. The number of para-hydroxylation sites is 1. The summed E-state index contributed by atoms with van der Waals surface area (Å²) in [5.74, 6) is 0. The molecule has 14 heavy (non-hydrogen) atoms. The van der Waals surface area contributed by atoms with Gasteiger partial charge in [-0.1, -0.05) is 41.4 Å². The number of rotatable bonds is 4. The van der Waals surface area contributed by atoms with Gasteiger partial charge in [-0.25, -0.2) is 0 Å². The van der Waals surface area contributed by atoms with E-state index >= 15 is 0 Å². The molecule has 0 fully saturated rings. The average Bonchev–Trinajstić information content (AvgIpc) is 2.19. The Bertz CT molecular complexity index is 331. The third-order valence-electron chi connectivity index (χ3n) is 1.59. The zero-order chi connectivity index (χ0) is 10.6. The number of halogens is 2. The zero-order valence-electron chi connectivity index (χ0n) is 7.48. The molecule has 0 spiro atoms. The third-order valence-corrected chi connectivity index (χ3v) is 4.75. The van der Waals surface area contributed by atoms with E-state index in [0.29, 0.717) is 5.69 Å². The maximum Gasteiger partial charge on any atom is 0.325 e. The Morgan fingerprint density at radius 2 is 1.93 bits per heavy atom. The molecule has 1 aromatic rings. The zero-order valence-corrected chi connectivity index (χ0v) is 9.89. The van der Waals surface area contributed by atoms with Crippen molar-refractivity contribution in [3.05, 3.63) is 30.3 Å². The molecule has 0 amide bonds. The molecule has 3 nitrogen and oxygen atoms in total. The van der Waals surface area contributed by atoms with Crippen molar-refractivity contribution in [2.75, 3.05) is 12.2 Å². The standard InChI is InChI=1S/C8H10Cl2NO2P/c1-13-14(12,8(9)10)11-7-5-3-2-4-6-7/h2-6,8H,1H3,(H,11,12). The van der Waals surface area contributed by atoms with Crippen molar-refractivity contribution < 1.29 is 9.09 Å². The van der Waals surface area contributed by atoms with Gasteiger partial charge in [0.05, 0.1) is 0 Å². The number of alkyl halides is 2. The molecule has 0 aliphatic rings. The lowest BCUT2D eigenvalue weighted by atomic mass is 10.3. The molecule has 1 aromatic carbocycles. The maximum atomic E-state index is 11.9. The van der Waals surface area contributed by atoms with Crippen molar-refractivity contribution in [3.63, 3.8) is 0 Å². The van der Waals surface area contributed by atoms with Gasteiger partial charge in [-0.3, -0.25) is 4.57 Å². The van der Waals surface area contributed by atoms with E-state index in [-0.39, 0.29) is 0 Å². The Kier molecular flexibility index (Phi) is 4.27. The van der Waals surface area contributed by atoms with Gasteiger partial charge in [0.25, 0.3) is 0 Å². The lowest BCUT2D eigenvalue weighted by molar-refractivity contribution is 0.400. The van der Waals surface area contributed by atoms with Crippen molar-refractivity contribution in [2.45, 2.75) is 4.58 Å². The minimum absolute atomic E-state index is 0.656. The Balaban J connectivity index is 2.81. The van der Waals surface area contributed by atoms with E-state index in [0.717, 1.165) is 0 Å². The monoisotopic (exact) mass is 253 g/mol. The van der Waals surface area contributed by atoms with Crippen LogP contribution in [0.2, 0.25) is 0 Å². The molecule has 0 radical (unpaired) electrons. The Morgan fingerprint density at radius 3 is 2.36 bits per heavy atom. The number of nitrogens with one attached hydrogen (secondary N) is 1. The van der Waals surface area contributed by atoms with Crippen molar-refractivity contribution in [3.8, 4) is 0 Å². The molecule has 0 saturated carbocycles. The first-order valence-corrected chi connectivity index (χ1v) is 6.42. The van der Waals surface area contributed by atoms with Gasteiger partial charge in [0, 0.05) is 12.8 Å². The summed E-state index contributed by atoms with van der Waals surface area (Å²) in [6.07, 6.45) is 0. The molecule has 6 heteroatoms. The molecule has 1 N–H and O–H groups in total. The van der Waals surface area contributed by atoms with E-state index in [2.05, 4.69) is 5.09 Å². The minimum Gasteiger partial charge on any atom is -0.315 e. The van der Waals surface area contributed by atoms with Crippen molar-refractivity contribution in [2.24, 2.45) is 0 Å². The molecule has 0 aliphatic heterocycles. The molecule has 78 valence electrons. The van der Waals surface area contributed by atoms with E-state index in [1.54, 1.807) is 24.3 Å². The fraction of sp³-hybridized carbons (Fsp3) is 0.250. The molecule has 1 unspecified atom stereocenters. The van der Waals surface area contributed by atoms with E-state index < -0.39 is 12.1 Å². The van der Waals surface area contributed by atoms with Crippen LogP contribution in [-0.2, 0) is 9.09 Å². The highest BCUT2D eigenvalue weighted by atomic mass is 35.5. The lowest BCUT2D eigenvalue weighted by Gasteiger charge is -2.18. The Hall–Kier alpha value is -0.210. The quantitative estimate of drug-likeness (QED) is 0.657. The lowest BCUT2D eigenvalue weighted by Crippen LogP contribution is -2.04. The average molecular weight is 254 g/mol.